The molecule has 0 saturated carbocycles. The van der Waals surface area contributed by atoms with Gasteiger partial charge in [-0.15, -0.1) is 0 Å². The van der Waals surface area contributed by atoms with Crippen molar-refractivity contribution in [3.63, 3.8) is 0 Å². The first-order chi connectivity index (χ1) is 9.00. The topological polar surface area (TPSA) is 29.3 Å². The van der Waals surface area contributed by atoms with Crippen LogP contribution in [0.25, 0.3) is 0 Å². The average Bonchev–Trinajstić information content (AvgIpc) is 2.42. The van der Waals surface area contributed by atoms with Crippen LogP contribution in [-0.4, -0.2) is 31.1 Å². The molecule has 0 saturated heterocycles. The highest BCUT2D eigenvalue weighted by Gasteiger charge is 2.10. The van der Waals surface area contributed by atoms with Gasteiger partial charge in [-0.3, -0.25) is 0 Å². The summed E-state index contributed by atoms with van der Waals surface area (Å²) in [5.41, 5.74) is 7.52. The van der Waals surface area contributed by atoms with Gasteiger partial charge in [-0.25, -0.2) is 0 Å². The summed E-state index contributed by atoms with van der Waals surface area (Å²) < 4.78 is 0. The summed E-state index contributed by atoms with van der Waals surface area (Å²) in [6, 6.07) is 11.1. The van der Waals surface area contributed by atoms with Crippen molar-refractivity contribution in [2.45, 2.75) is 45.6 Å². The first-order valence-electron chi connectivity index (χ1n) is 7.49. The van der Waals surface area contributed by atoms with Gasteiger partial charge in [-0.05, 0) is 50.4 Å². The molecule has 0 heterocycles. The fourth-order valence-electron chi connectivity index (χ4n) is 2.18. The maximum absolute atomic E-state index is 6.09. The van der Waals surface area contributed by atoms with Crippen molar-refractivity contribution in [1.82, 2.24) is 4.90 Å². The fraction of sp³-hybridized carbons (Fsp3) is 0.647. The van der Waals surface area contributed by atoms with Crippen molar-refractivity contribution < 1.29 is 0 Å². The van der Waals surface area contributed by atoms with Gasteiger partial charge in [0.25, 0.3) is 0 Å². The highest BCUT2D eigenvalue weighted by molar-refractivity contribution is 5.18. The Bertz CT molecular complexity index is 334. The molecule has 0 aliphatic heterocycles. The van der Waals surface area contributed by atoms with E-state index in [1.807, 2.05) is 0 Å². The Morgan fingerprint density at radius 3 is 2.16 bits per heavy atom. The lowest BCUT2D eigenvalue weighted by molar-refractivity contribution is 0.293. The molecule has 0 radical (unpaired) electrons. The van der Waals surface area contributed by atoms with Crippen LogP contribution in [0, 0.1) is 5.92 Å². The van der Waals surface area contributed by atoms with Crippen molar-refractivity contribution >= 4 is 0 Å². The van der Waals surface area contributed by atoms with E-state index in [-0.39, 0.29) is 0 Å². The van der Waals surface area contributed by atoms with E-state index in [1.165, 1.54) is 12.0 Å². The third-order valence-corrected chi connectivity index (χ3v) is 4.01. The number of nitrogens with two attached hydrogens (primary N) is 1. The summed E-state index contributed by atoms with van der Waals surface area (Å²) in [6.45, 7) is 8.94. The van der Waals surface area contributed by atoms with Gasteiger partial charge >= 0.3 is 0 Å². The number of nitrogens with zero attached hydrogens (tertiary/aromatic N) is 1. The maximum atomic E-state index is 6.09. The molecule has 0 aliphatic rings. The summed E-state index contributed by atoms with van der Waals surface area (Å²) in [6.07, 6.45) is 2.30. The van der Waals surface area contributed by atoms with Crippen molar-refractivity contribution in [2.75, 3.05) is 20.1 Å². The largest absolute Gasteiger partial charge is 0.327 e. The first-order valence-corrected chi connectivity index (χ1v) is 7.49. The third kappa shape index (κ3) is 6.22. The summed E-state index contributed by atoms with van der Waals surface area (Å²) >= 11 is 0. The second-order valence-corrected chi connectivity index (χ2v) is 6.10. The standard InChI is InChI=1S/C17H30N2/c1-14(2)17(18)11-13-19(4)12-10-15(3)16-8-6-5-7-9-16/h5-9,14-15,17H,10-13,18H2,1-4H3. The lowest BCUT2D eigenvalue weighted by atomic mass is 9.97. The van der Waals surface area contributed by atoms with Gasteiger partial charge in [0.2, 0.25) is 0 Å². The molecule has 2 N–H and O–H groups in total. The number of benzene rings is 1. The van der Waals surface area contributed by atoms with Crippen LogP contribution in [0.5, 0.6) is 0 Å². The van der Waals surface area contributed by atoms with E-state index in [2.05, 4.69) is 63.1 Å². The molecule has 19 heavy (non-hydrogen) atoms. The number of rotatable bonds is 8. The lowest BCUT2D eigenvalue weighted by Crippen LogP contribution is -2.32. The molecule has 0 bridgehead atoms. The molecule has 0 spiro atoms. The molecule has 0 amide bonds. The quantitative estimate of drug-likeness (QED) is 0.777. The van der Waals surface area contributed by atoms with Crippen LogP contribution in [0.2, 0.25) is 0 Å². The summed E-state index contributed by atoms with van der Waals surface area (Å²) in [5.74, 6) is 1.21. The van der Waals surface area contributed by atoms with E-state index in [0.29, 0.717) is 17.9 Å². The Morgan fingerprint density at radius 1 is 1.00 bits per heavy atom. The summed E-state index contributed by atoms with van der Waals surface area (Å²) in [7, 11) is 2.20. The molecule has 2 unspecified atom stereocenters. The van der Waals surface area contributed by atoms with Gasteiger partial charge in [0, 0.05) is 6.04 Å². The maximum Gasteiger partial charge on any atom is 0.00740 e. The second kappa shape index (κ2) is 8.34. The minimum Gasteiger partial charge on any atom is -0.327 e. The van der Waals surface area contributed by atoms with Crippen LogP contribution in [0.3, 0.4) is 0 Å². The SMILES string of the molecule is CC(CCN(C)CCC(N)C(C)C)c1ccccc1. The van der Waals surface area contributed by atoms with Gasteiger partial charge in [0.1, 0.15) is 0 Å². The van der Waals surface area contributed by atoms with Gasteiger partial charge in [-0.1, -0.05) is 51.1 Å². The first kappa shape index (κ1) is 16.2. The van der Waals surface area contributed by atoms with E-state index in [4.69, 9.17) is 5.73 Å². The van der Waals surface area contributed by atoms with E-state index in [1.54, 1.807) is 0 Å². The molecule has 2 nitrogen and oxygen atoms in total. The number of hydrogen-bond donors (Lipinski definition) is 1. The molecule has 1 aromatic carbocycles. The zero-order chi connectivity index (χ0) is 14.3. The molecule has 1 rings (SSSR count). The molecule has 0 fully saturated rings. The van der Waals surface area contributed by atoms with Crippen LogP contribution in [-0.2, 0) is 0 Å². The van der Waals surface area contributed by atoms with Crippen LogP contribution in [0.15, 0.2) is 30.3 Å². The summed E-state index contributed by atoms with van der Waals surface area (Å²) in [5, 5.41) is 0. The predicted molar refractivity (Wildman–Crippen MR) is 84.4 cm³/mol. The lowest BCUT2D eigenvalue weighted by Gasteiger charge is -2.22. The number of hydrogen-bond acceptors (Lipinski definition) is 2. The van der Waals surface area contributed by atoms with Gasteiger partial charge in [0.05, 0.1) is 0 Å². The van der Waals surface area contributed by atoms with E-state index in [0.717, 1.165) is 19.5 Å². The van der Waals surface area contributed by atoms with E-state index < -0.39 is 0 Å². The van der Waals surface area contributed by atoms with Crippen LogP contribution in [0.4, 0.5) is 0 Å². The fourth-order valence-corrected chi connectivity index (χ4v) is 2.18. The molecule has 1 aromatic rings. The minimum absolute atomic E-state index is 0.328. The Morgan fingerprint density at radius 2 is 1.58 bits per heavy atom. The highest BCUT2D eigenvalue weighted by atomic mass is 15.1. The second-order valence-electron chi connectivity index (χ2n) is 6.10. The molecular weight excluding hydrogens is 232 g/mol. The van der Waals surface area contributed by atoms with Crippen molar-refractivity contribution in [3.8, 4) is 0 Å². The highest BCUT2D eigenvalue weighted by Crippen LogP contribution is 2.18. The smallest absolute Gasteiger partial charge is 0.00740 e. The molecular formula is C17H30N2. The Labute approximate surface area is 119 Å². The van der Waals surface area contributed by atoms with Crippen LogP contribution < -0.4 is 5.73 Å². The Kier molecular flexibility index (Phi) is 7.11. The zero-order valence-electron chi connectivity index (χ0n) is 13.0. The van der Waals surface area contributed by atoms with Crippen LogP contribution in [0.1, 0.15) is 45.1 Å². The van der Waals surface area contributed by atoms with Gasteiger partial charge < -0.3 is 10.6 Å². The Balaban J connectivity index is 2.25. The zero-order valence-corrected chi connectivity index (χ0v) is 13.0. The van der Waals surface area contributed by atoms with E-state index in [9.17, 15) is 0 Å². The van der Waals surface area contributed by atoms with Crippen LogP contribution >= 0.6 is 0 Å². The average molecular weight is 262 g/mol. The minimum atomic E-state index is 0.328. The monoisotopic (exact) mass is 262 g/mol. The van der Waals surface area contributed by atoms with Crippen molar-refractivity contribution in [2.24, 2.45) is 11.7 Å². The molecule has 0 aliphatic carbocycles. The summed E-state index contributed by atoms with van der Waals surface area (Å²) in [4.78, 5) is 2.40. The Hall–Kier alpha value is -0.860. The molecule has 0 aromatic heterocycles. The van der Waals surface area contributed by atoms with Gasteiger partial charge in [0.15, 0.2) is 0 Å². The molecule has 108 valence electrons. The molecule has 2 atom stereocenters. The molecule has 2 heteroatoms. The van der Waals surface area contributed by atoms with Crippen molar-refractivity contribution in [3.05, 3.63) is 35.9 Å². The van der Waals surface area contributed by atoms with E-state index >= 15 is 0 Å². The van der Waals surface area contributed by atoms with Gasteiger partial charge in [-0.2, -0.15) is 0 Å². The normalized spacial score (nSPS) is 14.9. The van der Waals surface area contributed by atoms with Crippen molar-refractivity contribution in [1.29, 1.82) is 0 Å². The third-order valence-electron chi connectivity index (χ3n) is 4.01. The predicted octanol–water partition coefficient (Wildman–Crippen LogP) is 3.49.